The third-order valence-electron chi connectivity index (χ3n) is 3.98. The normalized spacial score (nSPS) is 23.9. The van der Waals surface area contributed by atoms with E-state index in [4.69, 9.17) is 10.5 Å². The summed E-state index contributed by atoms with van der Waals surface area (Å²) in [5.74, 6) is 0. The van der Waals surface area contributed by atoms with E-state index < -0.39 is 0 Å². The van der Waals surface area contributed by atoms with Crippen molar-refractivity contribution in [2.24, 2.45) is 5.73 Å². The Bertz CT molecular complexity index is 386. The predicted molar refractivity (Wildman–Crippen MR) is 76.0 cm³/mol. The van der Waals surface area contributed by atoms with Gasteiger partial charge in [-0.15, -0.1) is 0 Å². The van der Waals surface area contributed by atoms with Gasteiger partial charge in [-0.2, -0.15) is 0 Å². The first kappa shape index (κ1) is 13.4. The van der Waals surface area contributed by atoms with Crippen LogP contribution in [0.25, 0.3) is 0 Å². The maximum absolute atomic E-state index is 6.08. The zero-order valence-corrected chi connectivity index (χ0v) is 11.5. The van der Waals surface area contributed by atoms with Crippen LogP contribution in [-0.2, 0) is 4.74 Å². The summed E-state index contributed by atoms with van der Waals surface area (Å²) < 4.78 is 5.70. The van der Waals surface area contributed by atoms with Crippen molar-refractivity contribution in [2.45, 2.75) is 32.2 Å². The molecule has 3 nitrogen and oxygen atoms in total. The van der Waals surface area contributed by atoms with Crippen molar-refractivity contribution in [3.8, 4) is 0 Å². The molecule has 0 radical (unpaired) electrons. The molecule has 1 aliphatic heterocycles. The summed E-state index contributed by atoms with van der Waals surface area (Å²) in [4.78, 5) is 2.43. The van der Waals surface area contributed by atoms with Gasteiger partial charge in [0.1, 0.15) is 0 Å². The monoisotopic (exact) mass is 248 g/mol. The van der Waals surface area contributed by atoms with E-state index in [1.54, 1.807) is 0 Å². The number of aryl methyl sites for hydroxylation is 1. The Balaban J connectivity index is 2.34. The summed E-state index contributed by atoms with van der Waals surface area (Å²) in [6.07, 6.45) is 2.21. The van der Waals surface area contributed by atoms with Crippen LogP contribution in [0, 0.1) is 6.92 Å². The molecule has 0 aromatic heterocycles. The molecule has 1 heterocycles. The highest BCUT2D eigenvalue weighted by Crippen LogP contribution is 2.32. The summed E-state index contributed by atoms with van der Waals surface area (Å²) in [6, 6.07) is 8.52. The molecule has 2 N–H and O–H groups in total. The molecule has 0 bridgehead atoms. The number of anilines is 1. The van der Waals surface area contributed by atoms with Gasteiger partial charge in [-0.05, 0) is 38.3 Å². The molecule has 1 saturated heterocycles. The SMILES string of the molecule is CCN(c1ccccc1C)C1(CN)CCCOC1. The van der Waals surface area contributed by atoms with Crippen LogP contribution in [0.15, 0.2) is 24.3 Å². The van der Waals surface area contributed by atoms with Gasteiger partial charge in [0, 0.05) is 25.4 Å². The molecule has 1 aromatic rings. The van der Waals surface area contributed by atoms with Crippen molar-refractivity contribution in [3.05, 3.63) is 29.8 Å². The lowest BCUT2D eigenvalue weighted by molar-refractivity contribution is 0.0378. The van der Waals surface area contributed by atoms with E-state index >= 15 is 0 Å². The number of para-hydroxylation sites is 1. The molecule has 1 aromatic carbocycles. The number of ether oxygens (including phenoxy) is 1. The Labute approximate surface area is 110 Å². The summed E-state index contributed by atoms with van der Waals surface area (Å²) in [7, 11) is 0. The Morgan fingerprint density at radius 1 is 1.39 bits per heavy atom. The van der Waals surface area contributed by atoms with Crippen molar-refractivity contribution in [2.75, 3.05) is 31.2 Å². The summed E-state index contributed by atoms with van der Waals surface area (Å²) in [5.41, 5.74) is 8.64. The largest absolute Gasteiger partial charge is 0.379 e. The van der Waals surface area contributed by atoms with Crippen molar-refractivity contribution in [3.63, 3.8) is 0 Å². The van der Waals surface area contributed by atoms with Gasteiger partial charge in [0.15, 0.2) is 0 Å². The van der Waals surface area contributed by atoms with Gasteiger partial charge in [-0.25, -0.2) is 0 Å². The lowest BCUT2D eigenvalue weighted by atomic mass is 9.89. The molecule has 1 atom stereocenters. The fourth-order valence-corrected chi connectivity index (χ4v) is 2.95. The third kappa shape index (κ3) is 2.38. The molecular weight excluding hydrogens is 224 g/mol. The van der Waals surface area contributed by atoms with Crippen molar-refractivity contribution < 1.29 is 4.74 Å². The molecule has 1 fully saturated rings. The zero-order chi connectivity index (χ0) is 13.0. The molecule has 0 aliphatic carbocycles. The van der Waals surface area contributed by atoms with Crippen LogP contribution in [0.2, 0.25) is 0 Å². The van der Waals surface area contributed by atoms with E-state index in [1.807, 2.05) is 0 Å². The average molecular weight is 248 g/mol. The quantitative estimate of drug-likeness (QED) is 0.888. The smallest absolute Gasteiger partial charge is 0.0757 e. The van der Waals surface area contributed by atoms with E-state index in [2.05, 4.69) is 43.0 Å². The van der Waals surface area contributed by atoms with E-state index in [1.165, 1.54) is 11.3 Å². The summed E-state index contributed by atoms with van der Waals surface area (Å²) >= 11 is 0. The van der Waals surface area contributed by atoms with Gasteiger partial charge in [0.05, 0.1) is 12.1 Å². The fourth-order valence-electron chi connectivity index (χ4n) is 2.95. The number of benzene rings is 1. The number of nitrogens with two attached hydrogens (primary N) is 1. The molecule has 0 spiro atoms. The lowest BCUT2D eigenvalue weighted by Gasteiger charge is -2.47. The Morgan fingerprint density at radius 3 is 2.72 bits per heavy atom. The summed E-state index contributed by atoms with van der Waals surface area (Å²) in [6.45, 7) is 7.57. The van der Waals surface area contributed by atoms with Crippen LogP contribution in [0.1, 0.15) is 25.3 Å². The first-order valence-electron chi connectivity index (χ1n) is 6.84. The van der Waals surface area contributed by atoms with E-state index in [0.29, 0.717) is 6.54 Å². The van der Waals surface area contributed by atoms with Gasteiger partial charge in [-0.1, -0.05) is 18.2 Å². The topological polar surface area (TPSA) is 38.5 Å². The molecule has 2 rings (SSSR count). The van der Waals surface area contributed by atoms with Crippen LogP contribution in [-0.4, -0.2) is 31.8 Å². The molecule has 18 heavy (non-hydrogen) atoms. The average Bonchev–Trinajstić information content (AvgIpc) is 2.43. The second kappa shape index (κ2) is 5.72. The first-order chi connectivity index (χ1) is 8.73. The summed E-state index contributed by atoms with van der Waals surface area (Å²) in [5, 5.41) is 0. The molecule has 100 valence electrons. The van der Waals surface area contributed by atoms with Gasteiger partial charge in [0.2, 0.25) is 0 Å². The van der Waals surface area contributed by atoms with Crippen molar-refractivity contribution in [1.82, 2.24) is 0 Å². The highest BCUT2D eigenvalue weighted by atomic mass is 16.5. The van der Waals surface area contributed by atoms with Gasteiger partial charge in [-0.3, -0.25) is 0 Å². The van der Waals surface area contributed by atoms with E-state index in [9.17, 15) is 0 Å². The maximum Gasteiger partial charge on any atom is 0.0757 e. The van der Waals surface area contributed by atoms with E-state index in [0.717, 1.165) is 32.6 Å². The molecule has 1 unspecified atom stereocenters. The zero-order valence-electron chi connectivity index (χ0n) is 11.5. The number of rotatable bonds is 4. The standard InChI is InChI=1S/C15H24N2O/c1-3-17(14-8-5-4-7-13(14)2)15(11-16)9-6-10-18-12-15/h4-5,7-8H,3,6,9-12,16H2,1-2H3. The van der Waals surface area contributed by atoms with Crippen molar-refractivity contribution >= 4 is 5.69 Å². The van der Waals surface area contributed by atoms with Crippen molar-refractivity contribution in [1.29, 1.82) is 0 Å². The molecule has 0 amide bonds. The molecular formula is C15H24N2O. The first-order valence-corrected chi connectivity index (χ1v) is 6.84. The van der Waals surface area contributed by atoms with Crippen LogP contribution in [0.5, 0.6) is 0 Å². The fraction of sp³-hybridized carbons (Fsp3) is 0.600. The third-order valence-corrected chi connectivity index (χ3v) is 3.98. The molecule has 0 saturated carbocycles. The number of hydrogen-bond donors (Lipinski definition) is 1. The predicted octanol–water partition coefficient (Wildman–Crippen LogP) is 2.33. The van der Waals surface area contributed by atoms with Gasteiger partial charge in [0.25, 0.3) is 0 Å². The number of nitrogens with zero attached hydrogens (tertiary/aromatic N) is 1. The Morgan fingerprint density at radius 2 is 2.17 bits per heavy atom. The van der Waals surface area contributed by atoms with E-state index in [-0.39, 0.29) is 5.54 Å². The Kier molecular flexibility index (Phi) is 4.25. The lowest BCUT2D eigenvalue weighted by Crippen LogP contribution is -2.59. The van der Waals surface area contributed by atoms with Crippen LogP contribution in [0.3, 0.4) is 0 Å². The number of hydrogen-bond acceptors (Lipinski definition) is 3. The minimum atomic E-state index is -0.0287. The second-order valence-electron chi connectivity index (χ2n) is 5.12. The maximum atomic E-state index is 6.08. The van der Waals surface area contributed by atoms with Crippen LogP contribution in [0.4, 0.5) is 5.69 Å². The molecule has 3 heteroatoms. The van der Waals surface area contributed by atoms with Gasteiger partial charge >= 0.3 is 0 Å². The second-order valence-corrected chi connectivity index (χ2v) is 5.12. The van der Waals surface area contributed by atoms with Crippen LogP contribution < -0.4 is 10.6 Å². The van der Waals surface area contributed by atoms with Gasteiger partial charge < -0.3 is 15.4 Å². The molecule has 1 aliphatic rings. The highest BCUT2D eigenvalue weighted by Gasteiger charge is 2.37. The highest BCUT2D eigenvalue weighted by molar-refractivity contribution is 5.55. The minimum Gasteiger partial charge on any atom is -0.379 e. The number of likely N-dealkylation sites (N-methyl/N-ethyl adjacent to an activating group) is 1. The minimum absolute atomic E-state index is 0.0287. The van der Waals surface area contributed by atoms with Crippen LogP contribution >= 0.6 is 0 Å². The Hall–Kier alpha value is -1.06.